The van der Waals surface area contributed by atoms with Crippen LogP contribution in [-0.2, 0) is 73.2 Å². The van der Waals surface area contributed by atoms with Crippen LogP contribution in [0.15, 0.2) is 194 Å². The number of carboxylic acid groups (broad SMARTS) is 5. The Kier molecular flexibility index (Phi) is 40.8. The van der Waals surface area contributed by atoms with Gasteiger partial charge in [0.1, 0.15) is 13.1 Å². The lowest BCUT2D eigenvalue weighted by molar-refractivity contribution is -0.138. The number of carbonyl (C=O) groups excluding carboxylic acids is 5. The minimum Gasteiger partial charge on any atom is -0.481 e. The highest BCUT2D eigenvalue weighted by atomic mass is 31.2. The van der Waals surface area contributed by atoms with Crippen molar-refractivity contribution in [2.45, 2.75) is 83.5 Å². The van der Waals surface area contributed by atoms with E-state index in [2.05, 4.69) is 150 Å². The van der Waals surface area contributed by atoms with Crippen molar-refractivity contribution in [2.24, 2.45) is 0 Å². The zero-order chi connectivity index (χ0) is 83.4. The van der Waals surface area contributed by atoms with Gasteiger partial charge in [-0.3, -0.25) is 38.1 Å². The van der Waals surface area contributed by atoms with Crippen LogP contribution in [-0.4, -0.2) is 183 Å². The van der Waals surface area contributed by atoms with E-state index in [1.807, 2.05) is 55.4 Å². The number of Topliss-reactive ketones (excluding diaryl/α,β-unsaturated/α-hetero) is 1. The first-order valence-corrected chi connectivity index (χ1v) is 37.7. The van der Waals surface area contributed by atoms with Crippen LogP contribution in [0, 0.1) is 6.57 Å². The number of aliphatic carboxylic acids is 5. The predicted octanol–water partition coefficient (Wildman–Crippen LogP) is 12.8. The molecule has 600 valence electrons. The zero-order valence-corrected chi connectivity index (χ0v) is 65.3. The number of hydrogen-bond donors (Lipinski definition) is 8. The summed E-state index contributed by atoms with van der Waals surface area (Å²) >= 11 is 0. The minimum absolute atomic E-state index is 0.00148. The van der Waals surface area contributed by atoms with Gasteiger partial charge in [-0.05, 0) is 175 Å². The molecule has 0 atom stereocenters. The summed E-state index contributed by atoms with van der Waals surface area (Å²) in [5.74, 6) is -7.34. The van der Waals surface area contributed by atoms with Gasteiger partial charge in [-0.25, -0.2) is 19.2 Å². The number of carboxylic acids is 5. The summed E-state index contributed by atoms with van der Waals surface area (Å²) < 4.78 is 25.1. The van der Waals surface area contributed by atoms with E-state index in [0.29, 0.717) is 29.0 Å². The van der Waals surface area contributed by atoms with Gasteiger partial charge in [0, 0.05) is 103 Å². The summed E-state index contributed by atoms with van der Waals surface area (Å²) in [4.78, 5) is 139. The summed E-state index contributed by atoms with van der Waals surface area (Å²) in [7, 11) is 9.41. The highest BCUT2D eigenvalue weighted by Crippen LogP contribution is 2.34. The van der Waals surface area contributed by atoms with Crippen LogP contribution in [0.5, 0.6) is 0 Å². The number of ketones is 1. The lowest BCUT2D eigenvalue weighted by Crippen LogP contribution is -2.34. The first kappa shape index (κ1) is 92.9. The fraction of sp³-hybridized carbons (Fsp3) is 0.306. The van der Waals surface area contributed by atoms with Crippen LogP contribution in [0.3, 0.4) is 0 Å². The Bertz CT molecular complexity index is 4310. The standard InChI is InChI=1S/C21H25N2O4P.C19H22N2O4.C17H22N2.C16H18O8.C12H12O5/c1-22-20-11-9-19(10-12-20)16-18-7-5-17(6-8-18)4-2-3-14-23-21(24)13-15-28(25,26)27;1-20(2)16-7-3-14(4-8-16)11-15-5-9-17(10-6-15)21(12-18(22)23)13-19(24)25;1-18(2)16-9-5-14(6-10-16)13-15-7-11-17(12-8-15)19(3)4;17-13(18)3-1-9-23-15(21)11-5-7-12(8-6-11)16(22)24-10-2-4-14(19)20;1-17-12(16)9-4-2-8(3-5-9)10(13)6-7-11(14)15/h5-12H,2-4,13-16H2,(H,23,24)(H2,25,26,27);3-10H,11-13H2,1-2H3,(H,22,23)(H,24,25);5-12H,13H2,1-4H3;5-8H,1-4,9-10H2,(H,17,18)(H,19,20);2-5H,6-7H2,1H3,(H,14,15). The summed E-state index contributed by atoms with van der Waals surface area (Å²) in [6, 6.07) is 60.7. The molecule has 0 heterocycles. The van der Waals surface area contributed by atoms with Crippen molar-refractivity contribution in [3.8, 4) is 0 Å². The van der Waals surface area contributed by atoms with Gasteiger partial charge in [0.2, 0.25) is 5.91 Å². The number of rotatable bonds is 37. The van der Waals surface area contributed by atoms with E-state index in [-0.39, 0.29) is 94.1 Å². The Balaban J connectivity index is 0.000000301. The van der Waals surface area contributed by atoms with Crippen molar-refractivity contribution < 1.29 is 102 Å². The quantitative estimate of drug-likeness (QED) is 0.00448. The summed E-state index contributed by atoms with van der Waals surface area (Å²) in [6.45, 7) is 6.79. The number of anilines is 4. The first-order chi connectivity index (χ1) is 53.7. The smallest absolute Gasteiger partial charge is 0.338 e. The van der Waals surface area contributed by atoms with Gasteiger partial charge in [-0.2, -0.15) is 0 Å². The molecule has 28 heteroatoms. The lowest BCUT2D eigenvalue weighted by Gasteiger charge is -2.20. The first-order valence-electron chi connectivity index (χ1n) is 35.9. The van der Waals surface area contributed by atoms with Gasteiger partial charge >= 0.3 is 55.4 Å². The zero-order valence-electron chi connectivity index (χ0n) is 64.4. The largest absolute Gasteiger partial charge is 0.481 e. The number of benzene rings is 8. The molecule has 0 saturated heterocycles. The third-order valence-corrected chi connectivity index (χ3v) is 17.4. The molecule has 8 aromatic carbocycles. The van der Waals surface area contributed by atoms with Crippen LogP contribution < -0.4 is 24.9 Å². The number of carbonyl (C=O) groups is 10. The molecule has 0 saturated carbocycles. The molecule has 8 rings (SSSR count). The Morgan fingerprint density at radius 1 is 0.389 bits per heavy atom. The molecule has 0 bridgehead atoms. The molecule has 113 heavy (non-hydrogen) atoms. The molecule has 8 N–H and O–H groups in total. The lowest BCUT2D eigenvalue weighted by atomic mass is 10.0. The molecule has 0 aliphatic heterocycles. The Hall–Kier alpha value is -12.5. The van der Waals surface area contributed by atoms with Crippen LogP contribution in [0.25, 0.3) is 4.85 Å². The maximum atomic E-state index is 11.7. The van der Waals surface area contributed by atoms with Gasteiger partial charge in [-0.1, -0.05) is 109 Å². The molecule has 0 aliphatic rings. The number of nitrogens with zero attached hydrogens (tertiary/aromatic N) is 5. The number of ether oxygens (including phenoxy) is 3. The van der Waals surface area contributed by atoms with Gasteiger partial charge in [0.25, 0.3) is 0 Å². The van der Waals surface area contributed by atoms with E-state index >= 15 is 0 Å². The number of hydrogen-bond acceptors (Lipinski definition) is 18. The Morgan fingerprint density at radius 2 is 0.717 bits per heavy atom. The van der Waals surface area contributed by atoms with E-state index in [1.54, 1.807) is 12.1 Å². The highest BCUT2D eigenvalue weighted by molar-refractivity contribution is 7.51. The fourth-order valence-corrected chi connectivity index (χ4v) is 10.8. The molecular formula is C85H99N6O21P. The van der Waals surface area contributed by atoms with Crippen molar-refractivity contribution in [1.29, 1.82) is 0 Å². The van der Waals surface area contributed by atoms with Gasteiger partial charge in [-0.15, -0.1) is 0 Å². The van der Waals surface area contributed by atoms with Crippen molar-refractivity contribution in [3.63, 3.8) is 0 Å². The van der Waals surface area contributed by atoms with E-state index in [0.717, 1.165) is 49.8 Å². The number of methoxy groups -OCH3 is 1. The molecular weight excluding hydrogens is 1470 g/mol. The molecule has 0 spiro atoms. The number of amides is 1. The Labute approximate surface area is 658 Å². The van der Waals surface area contributed by atoms with E-state index in [4.69, 9.17) is 51.4 Å². The normalized spacial score (nSPS) is 10.3. The Morgan fingerprint density at radius 3 is 1.04 bits per heavy atom. The average Bonchev–Trinajstić information content (AvgIpc) is 0.856. The molecule has 27 nitrogen and oxygen atoms in total. The van der Waals surface area contributed by atoms with E-state index in [1.165, 1.54) is 105 Å². The van der Waals surface area contributed by atoms with Crippen LogP contribution in [0.4, 0.5) is 28.4 Å². The van der Waals surface area contributed by atoms with Crippen LogP contribution in [0.1, 0.15) is 138 Å². The molecule has 0 unspecified atom stereocenters. The number of esters is 3. The topological polar surface area (TPSA) is 386 Å². The molecule has 1 amide bonds. The van der Waals surface area contributed by atoms with E-state index in [9.17, 15) is 52.5 Å². The summed E-state index contributed by atoms with van der Waals surface area (Å²) in [5.41, 5.74) is 14.6. The van der Waals surface area contributed by atoms with Crippen molar-refractivity contribution in [1.82, 2.24) is 5.32 Å². The number of aryl methyl sites for hydroxylation is 1. The van der Waals surface area contributed by atoms with Crippen LogP contribution >= 0.6 is 7.60 Å². The highest BCUT2D eigenvalue weighted by Gasteiger charge is 2.18. The number of unbranched alkanes of at least 4 members (excludes halogenated alkanes) is 1. The predicted molar refractivity (Wildman–Crippen MR) is 431 cm³/mol. The van der Waals surface area contributed by atoms with Crippen molar-refractivity contribution in [3.05, 3.63) is 267 Å². The fourth-order valence-electron chi connectivity index (χ4n) is 10.3. The molecule has 0 aromatic heterocycles. The van der Waals surface area contributed by atoms with Crippen molar-refractivity contribution in [2.75, 3.05) is 108 Å². The average molecular weight is 1570 g/mol. The molecule has 0 radical (unpaired) electrons. The third kappa shape index (κ3) is 38.6. The maximum Gasteiger partial charge on any atom is 0.338 e. The second-order valence-electron chi connectivity index (χ2n) is 26.3. The molecule has 0 aliphatic carbocycles. The van der Waals surface area contributed by atoms with Gasteiger partial charge in [0.05, 0.1) is 56.2 Å². The summed E-state index contributed by atoms with van der Waals surface area (Å²) in [5, 5.41) is 45.9. The van der Waals surface area contributed by atoms with Crippen molar-refractivity contribution >= 4 is 95.5 Å². The molecule has 8 aromatic rings. The van der Waals surface area contributed by atoms with Gasteiger partial charge in [0.15, 0.2) is 11.5 Å². The van der Waals surface area contributed by atoms with Gasteiger partial charge < -0.3 is 74.4 Å². The van der Waals surface area contributed by atoms with Crippen LogP contribution in [0.2, 0.25) is 0 Å². The third-order valence-electron chi connectivity index (χ3n) is 16.6. The minimum atomic E-state index is -4.11. The maximum absolute atomic E-state index is 11.7. The second kappa shape index (κ2) is 49.6. The number of nitrogens with one attached hydrogen (secondary N) is 1. The molecule has 0 fully saturated rings. The summed E-state index contributed by atoms with van der Waals surface area (Å²) in [6.07, 6.45) is 4.72. The second-order valence-corrected chi connectivity index (χ2v) is 28.1. The SMILES string of the molecule is CN(C)c1ccc(Cc2ccc(N(C)C)cc2)cc1.CN(C)c1ccc(Cc2ccc(N(CC(=O)O)CC(=O)O)cc2)cc1.COC(=O)c1ccc(C(=O)CCC(=O)O)cc1.O=C(O)CCCOC(=O)c1ccc(C(=O)OCCCC(=O)O)cc1.[C-]#[N+]c1ccc(Cc2ccc(CCCCNC(=O)CCP(=O)(O)O)cc2)cc1. The monoisotopic (exact) mass is 1570 g/mol. The van der Waals surface area contributed by atoms with E-state index < -0.39 is 61.5 Å².